The summed E-state index contributed by atoms with van der Waals surface area (Å²) < 4.78 is 10.4. The summed E-state index contributed by atoms with van der Waals surface area (Å²) in [5, 5.41) is 13.3. The van der Waals surface area contributed by atoms with Gasteiger partial charge in [0, 0.05) is 22.8 Å². The van der Waals surface area contributed by atoms with Gasteiger partial charge >= 0.3 is 0 Å². The van der Waals surface area contributed by atoms with Crippen molar-refractivity contribution in [2.45, 2.75) is 11.4 Å². The molecule has 0 saturated heterocycles. The van der Waals surface area contributed by atoms with Gasteiger partial charge in [-0.1, -0.05) is 11.6 Å². The molecule has 1 aromatic heterocycles. The second kappa shape index (κ2) is 10.7. The Morgan fingerprint density at radius 3 is 2.58 bits per heavy atom. The Balaban J connectivity index is 1.66. The number of halogens is 1. The van der Waals surface area contributed by atoms with Crippen molar-refractivity contribution in [1.82, 2.24) is 4.98 Å². The number of nitriles is 1. The summed E-state index contributed by atoms with van der Waals surface area (Å²) in [6, 6.07) is 18.3. The molecule has 0 spiro atoms. The first kappa shape index (κ1) is 22.5. The minimum Gasteiger partial charge on any atom is -0.497 e. The van der Waals surface area contributed by atoms with Crippen LogP contribution >= 0.6 is 23.4 Å². The summed E-state index contributed by atoms with van der Waals surface area (Å²) in [5.74, 6) is 1.57. The molecule has 3 aromatic rings. The molecule has 1 heterocycles. The maximum Gasteiger partial charge on any atom is 0.225 e. The Hall–Kier alpha value is -3.21. The zero-order chi connectivity index (χ0) is 22.2. The molecule has 0 fully saturated rings. The van der Waals surface area contributed by atoms with E-state index < -0.39 is 0 Å². The highest BCUT2D eigenvalue weighted by molar-refractivity contribution is 7.99. The van der Waals surface area contributed by atoms with E-state index in [1.54, 1.807) is 31.4 Å². The van der Waals surface area contributed by atoms with E-state index in [9.17, 15) is 10.1 Å². The first-order valence-corrected chi connectivity index (χ1v) is 10.7. The number of aromatic nitrogens is 1. The standard InChI is InChI=1S/C23H20ClN3O3S/c1-29-18-7-3-15(4-8-18)19-9-5-16(14-25)23(27-19)31-12-11-22(28)26-20-13-17(24)6-10-21(20)30-2/h3-10,13H,11-12H2,1-2H3,(H,26,28). The molecule has 1 N–H and O–H groups in total. The lowest BCUT2D eigenvalue weighted by molar-refractivity contribution is -0.115. The molecule has 31 heavy (non-hydrogen) atoms. The van der Waals surface area contributed by atoms with Crippen molar-refractivity contribution >= 4 is 35.0 Å². The monoisotopic (exact) mass is 453 g/mol. The van der Waals surface area contributed by atoms with Crippen LogP contribution in [-0.4, -0.2) is 30.9 Å². The van der Waals surface area contributed by atoms with Gasteiger partial charge in [-0.25, -0.2) is 4.98 Å². The molecule has 1 amide bonds. The molecular formula is C23H20ClN3O3S. The predicted molar refractivity (Wildman–Crippen MR) is 123 cm³/mol. The molecular weight excluding hydrogens is 434 g/mol. The fourth-order valence-electron chi connectivity index (χ4n) is 2.79. The third kappa shape index (κ3) is 5.91. The van der Waals surface area contributed by atoms with E-state index in [2.05, 4.69) is 16.4 Å². The molecule has 3 rings (SSSR count). The molecule has 0 bridgehead atoms. The topological polar surface area (TPSA) is 84.2 Å². The van der Waals surface area contributed by atoms with Crippen molar-refractivity contribution in [2.75, 3.05) is 25.3 Å². The Labute approximate surface area is 190 Å². The summed E-state index contributed by atoms with van der Waals surface area (Å²) in [5.41, 5.74) is 2.65. The number of pyridine rings is 1. The number of thioether (sulfide) groups is 1. The Bertz CT molecular complexity index is 1110. The van der Waals surface area contributed by atoms with E-state index in [0.29, 0.717) is 32.8 Å². The summed E-state index contributed by atoms with van der Waals surface area (Å²) in [6.45, 7) is 0. The van der Waals surface area contributed by atoms with Crippen molar-refractivity contribution in [3.63, 3.8) is 0 Å². The summed E-state index contributed by atoms with van der Waals surface area (Å²) in [6.07, 6.45) is 0.236. The minimum atomic E-state index is -0.183. The number of carbonyl (C=O) groups is 1. The molecule has 0 saturated carbocycles. The smallest absolute Gasteiger partial charge is 0.225 e. The molecule has 0 radical (unpaired) electrons. The van der Waals surface area contributed by atoms with Gasteiger partial charge in [0.1, 0.15) is 22.6 Å². The first-order chi connectivity index (χ1) is 15.0. The van der Waals surface area contributed by atoms with E-state index >= 15 is 0 Å². The number of ether oxygens (including phenoxy) is 2. The number of rotatable bonds is 8. The van der Waals surface area contributed by atoms with Gasteiger partial charge in [-0.05, 0) is 54.6 Å². The zero-order valence-corrected chi connectivity index (χ0v) is 18.6. The van der Waals surface area contributed by atoms with E-state index in [1.807, 2.05) is 30.3 Å². The van der Waals surface area contributed by atoms with Gasteiger partial charge in [0.15, 0.2) is 0 Å². The van der Waals surface area contributed by atoms with Gasteiger partial charge in [0.25, 0.3) is 0 Å². The zero-order valence-electron chi connectivity index (χ0n) is 17.0. The van der Waals surface area contributed by atoms with Crippen LogP contribution in [0.3, 0.4) is 0 Å². The van der Waals surface area contributed by atoms with Gasteiger partial charge in [-0.15, -0.1) is 11.8 Å². The summed E-state index contributed by atoms with van der Waals surface area (Å²) >= 11 is 7.36. The van der Waals surface area contributed by atoms with Crippen LogP contribution in [0.2, 0.25) is 5.02 Å². The molecule has 6 nitrogen and oxygen atoms in total. The molecule has 0 unspecified atom stereocenters. The Kier molecular flexibility index (Phi) is 7.76. The Morgan fingerprint density at radius 1 is 1.13 bits per heavy atom. The second-order valence-electron chi connectivity index (χ2n) is 6.38. The highest BCUT2D eigenvalue weighted by atomic mass is 35.5. The normalized spacial score (nSPS) is 10.3. The third-order valence-electron chi connectivity index (χ3n) is 4.37. The van der Waals surface area contributed by atoms with Crippen LogP contribution in [0.5, 0.6) is 11.5 Å². The number of methoxy groups -OCH3 is 2. The van der Waals surface area contributed by atoms with Crippen LogP contribution in [0.15, 0.2) is 59.6 Å². The average molecular weight is 454 g/mol. The number of amides is 1. The molecule has 0 aliphatic heterocycles. The van der Waals surface area contributed by atoms with Crippen molar-refractivity contribution in [2.24, 2.45) is 0 Å². The molecule has 0 aliphatic carbocycles. The molecule has 0 aliphatic rings. The van der Waals surface area contributed by atoms with Crippen molar-refractivity contribution in [3.05, 3.63) is 65.2 Å². The highest BCUT2D eigenvalue weighted by Gasteiger charge is 2.12. The summed E-state index contributed by atoms with van der Waals surface area (Å²) in [4.78, 5) is 17.0. The molecule has 158 valence electrons. The van der Waals surface area contributed by atoms with E-state index in [-0.39, 0.29) is 12.3 Å². The number of nitrogens with one attached hydrogen (secondary N) is 1. The molecule has 8 heteroatoms. The van der Waals surface area contributed by atoms with Crippen LogP contribution in [-0.2, 0) is 4.79 Å². The number of benzene rings is 2. The predicted octanol–water partition coefficient (Wildman–Crippen LogP) is 5.41. The number of nitrogens with zero attached hydrogens (tertiary/aromatic N) is 2. The van der Waals surface area contributed by atoms with Crippen LogP contribution in [0, 0.1) is 11.3 Å². The summed E-state index contributed by atoms with van der Waals surface area (Å²) in [7, 11) is 3.14. The number of anilines is 1. The average Bonchev–Trinajstić information content (AvgIpc) is 2.79. The molecule has 2 aromatic carbocycles. The lowest BCUT2D eigenvalue weighted by atomic mass is 10.1. The maximum absolute atomic E-state index is 12.4. The lowest BCUT2D eigenvalue weighted by Gasteiger charge is -2.11. The van der Waals surface area contributed by atoms with Crippen molar-refractivity contribution in [3.8, 4) is 28.8 Å². The fraction of sp³-hybridized carbons (Fsp3) is 0.174. The van der Waals surface area contributed by atoms with Gasteiger partial charge in [0.05, 0.1) is 31.2 Å². The maximum atomic E-state index is 12.4. The van der Waals surface area contributed by atoms with Crippen LogP contribution in [0.25, 0.3) is 11.3 Å². The Morgan fingerprint density at radius 2 is 1.90 bits per heavy atom. The van der Waals surface area contributed by atoms with Crippen molar-refractivity contribution in [1.29, 1.82) is 5.26 Å². The fourth-order valence-corrected chi connectivity index (χ4v) is 3.87. The quantitative estimate of drug-likeness (QED) is 0.459. The molecule has 0 atom stereocenters. The van der Waals surface area contributed by atoms with Crippen LogP contribution < -0.4 is 14.8 Å². The first-order valence-electron chi connectivity index (χ1n) is 9.36. The van der Waals surface area contributed by atoms with Gasteiger partial charge in [-0.2, -0.15) is 5.26 Å². The van der Waals surface area contributed by atoms with Crippen molar-refractivity contribution < 1.29 is 14.3 Å². The van der Waals surface area contributed by atoms with Crippen LogP contribution in [0.4, 0.5) is 5.69 Å². The van der Waals surface area contributed by atoms with E-state index in [4.69, 9.17) is 21.1 Å². The number of hydrogen-bond donors (Lipinski definition) is 1. The lowest BCUT2D eigenvalue weighted by Crippen LogP contribution is -2.13. The van der Waals surface area contributed by atoms with Gasteiger partial charge < -0.3 is 14.8 Å². The number of hydrogen-bond acceptors (Lipinski definition) is 6. The van der Waals surface area contributed by atoms with E-state index in [1.165, 1.54) is 18.9 Å². The largest absolute Gasteiger partial charge is 0.497 e. The minimum absolute atomic E-state index is 0.183. The van der Waals surface area contributed by atoms with Gasteiger partial charge in [0.2, 0.25) is 5.91 Å². The second-order valence-corrected chi connectivity index (χ2v) is 7.90. The third-order valence-corrected chi connectivity index (χ3v) is 5.60. The number of carbonyl (C=O) groups excluding carboxylic acids is 1. The highest BCUT2D eigenvalue weighted by Crippen LogP contribution is 2.29. The van der Waals surface area contributed by atoms with E-state index in [0.717, 1.165) is 17.0 Å². The SMILES string of the molecule is COc1ccc(-c2ccc(C#N)c(SCCC(=O)Nc3cc(Cl)ccc3OC)n2)cc1. The van der Waals surface area contributed by atoms with Crippen LogP contribution in [0.1, 0.15) is 12.0 Å². The van der Waals surface area contributed by atoms with Gasteiger partial charge in [-0.3, -0.25) is 4.79 Å².